The van der Waals surface area contributed by atoms with E-state index in [0.717, 1.165) is 25.1 Å². The van der Waals surface area contributed by atoms with E-state index in [1.807, 2.05) is 6.08 Å². The summed E-state index contributed by atoms with van der Waals surface area (Å²) in [7, 11) is 0. The van der Waals surface area contributed by atoms with E-state index in [9.17, 15) is 4.79 Å². The monoisotopic (exact) mass is 219 g/mol. The first-order valence-corrected chi connectivity index (χ1v) is 6.20. The summed E-state index contributed by atoms with van der Waals surface area (Å²) in [6, 6.07) is 0. The molecule has 0 aromatic rings. The van der Waals surface area contributed by atoms with Gasteiger partial charge < -0.3 is 4.90 Å². The second-order valence-corrected chi connectivity index (χ2v) is 5.61. The molecule has 1 fully saturated rings. The molecule has 16 heavy (non-hydrogen) atoms. The van der Waals surface area contributed by atoms with Crippen molar-refractivity contribution in [2.45, 2.75) is 39.5 Å². The van der Waals surface area contributed by atoms with Crippen molar-refractivity contribution in [1.29, 1.82) is 0 Å². The molecular weight excluding hydrogens is 198 g/mol. The van der Waals surface area contributed by atoms with Gasteiger partial charge in [-0.25, -0.2) is 0 Å². The zero-order valence-electron chi connectivity index (χ0n) is 10.4. The van der Waals surface area contributed by atoms with Crippen molar-refractivity contribution in [3.05, 3.63) is 23.9 Å². The molecular formula is C14H21NO. The first kappa shape index (κ1) is 11.4. The zero-order valence-corrected chi connectivity index (χ0v) is 10.4. The number of allylic oxidation sites excluding steroid dienone is 3. The Hall–Kier alpha value is -1.05. The fourth-order valence-electron chi connectivity index (χ4n) is 2.79. The van der Waals surface area contributed by atoms with E-state index >= 15 is 0 Å². The third-order valence-electron chi connectivity index (χ3n) is 3.66. The van der Waals surface area contributed by atoms with Crippen LogP contribution in [0.5, 0.6) is 0 Å². The molecule has 2 rings (SSSR count). The second kappa shape index (κ2) is 4.08. The van der Waals surface area contributed by atoms with Crippen molar-refractivity contribution in [2.75, 3.05) is 13.1 Å². The number of likely N-dealkylation sites (tertiary alicyclic amines) is 1. The molecule has 0 spiro atoms. The van der Waals surface area contributed by atoms with E-state index in [1.165, 1.54) is 25.0 Å². The number of carbonyl (C=O) groups excluding carboxylic acids is 1. The van der Waals surface area contributed by atoms with Gasteiger partial charge in [-0.3, -0.25) is 4.79 Å². The molecule has 0 amide bonds. The van der Waals surface area contributed by atoms with Crippen LogP contribution in [0.2, 0.25) is 0 Å². The fraction of sp³-hybridized carbons (Fsp3) is 0.643. The van der Waals surface area contributed by atoms with Crippen LogP contribution < -0.4 is 0 Å². The van der Waals surface area contributed by atoms with Crippen molar-refractivity contribution >= 4 is 5.78 Å². The summed E-state index contributed by atoms with van der Waals surface area (Å²) in [4.78, 5) is 14.1. The highest BCUT2D eigenvalue weighted by Crippen LogP contribution is 2.39. The summed E-state index contributed by atoms with van der Waals surface area (Å²) in [6.07, 6.45) is 6.45. The first-order chi connectivity index (χ1) is 7.50. The molecule has 1 aliphatic carbocycles. The zero-order chi connectivity index (χ0) is 11.8. The highest BCUT2D eigenvalue weighted by Gasteiger charge is 2.34. The lowest BCUT2D eigenvalue weighted by Gasteiger charge is -2.41. The molecule has 0 bridgehead atoms. The molecule has 0 unspecified atom stereocenters. The van der Waals surface area contributed by atoms with Crippen LogP contribution in [0.1, 0.15) is 39.5 Å². The van der Waals surface area contributed by atoms with Gasteiger partial charge in [-0.15, -0.1) is 0 Å². The number of hydrogen-bond donors (Lipinski definition) is 0. The molecule has 0 aromatic heterocycles. The Labute approximate surface area is 98.0 Å². The molecule has 1 aliphatic heterocycles. The standard InChI is InChI=1S/C14H21NO/c1-11-10-14(2,3)13(9-12(11)16)15-7-5-4-6-8-15/h9H,1,4-8,10H2,2-3H3. The van der Waals surface area contributed by atoms with Gasteiger partial charge in [-0.1, -0.05) is 20.4 Å². The Morgan fingerprint density at radius 3 is 2.50 bits per heavy atom. The van der Waals surface area contributed by atoms with Gasteiger partial charge in [0.05, 0.1) is 0 Å². The van der Waals surface area contributed by atoms with E-state index in [-0.39, 0.29) is 11.2 Å². The van der Waals surface area contributed by atoms with E-state index in [1.54, 1.807) is 0 Å². The Bertz CT molecular complexity index is 346. The van der Waals surface area contributed by atoms with Gasteiger partial charge in [-0.2, -0.15) is 0 Å². The smallest absolute Gasteiger partial charge is 0.183 e. The van der Waals surface area contributed by atoms with Gasteiger partial charge >= 0.3 is 0 Å². The second-order valence-electron chi connectivity index (χ2n) is 5.61. The fourth-order valence-corrected chi connectivity index (χ4v) is 2.79. The van der Waals surface area contributed by atoms with Gasteiger partial charge in [-0.05, 0) is 31.3 Å². The topological polar surface area (TPSA) is 20.3 Å². The molecule has 0 saturated carbocycles. The lowest BCUT2D eigenvalue weighted by atomic mass is 9.76. The van der Waals surface area contributed by atoms with Gasteiger partial charge in [0, 0.05) is 30.3 Å². The van der Waals surface area contributed by atoms with Crippen molar-refractivity contribution in [3.63, 3.8) is 0 Å². The molecule has 0 aromatic carbocycles. The predicted molar refractivity (Wildman–Crippen MR) is 66.1 cm³/mol. The van der Waals surface area contributed by atoms with Crippen LogP contribution in [0.4, 0.5) is 0 Å². The number of rotatable bonds is 1. The third kappa shape index (κ3) is 2.06. The third-order valence-corrected chi connectivity index (χ3v) is 3.66. The maximum atomic E-state index is 11.7. The van der Waals surface area contributed by atoms with Gasteiger partial charge in [0.1, 0.15) is 0 Å². The minimum Gasteiger partial charge on any atom is -0.374 e. The quantitative estimate of drug-likeness (QED) is 0.632. The number of nitrogens with zero attached hydrogens (tertiary/aromatic N) is 1. The summed E-state index contributed by atoms with van der Waals surface area (Å²) in [5.41, 5.74) is 2.05. The molecule has 1 saturated heterocycles. The maximum absolute atomic E-state index is 11.7. The summed E-state index contributed by atoms with van der Waals surface area (Å²) in [5, 5.41) is 0. The van der Waals surface area contributed by atoms with Gasteiger partial charge in [0.25, 0.3) is 0 Å². The van der Waals surface area contributed by atoms with E-state index in [0.29, 0.717) is 0 Å². The van der Waals surface area contributed by atoms with E-state index < -0.39 is 0 Å². The summed E-state index contributed by atoms with van der Waals surface area (Å²) < 4.78 is 0. The SMILES string of the molecule is C=C1CC(C)(C)C(N2CCCCC2)=CC1=O. The highest BCUT2D eigenvalue weighted by molar-refractivity contribution is 6.05. The highest BCUT2D eigenvalue weighted by atomic mass is 16.1. The van der Waals surface area contributed by atoms with Crippen LogP contribution in [-0.2, 0) is 4.79 Å². The van der Waals surface area contributed by atoms with Crippen LogP contribution in [0.15, 0.2) is 23.9 Å². The van der Waals surface area contributed by atoms with E-state index in [4.69, 9.17) is 0 Å². The Morgan fingerprint density at radius 2 is 1.88 bits per heavy atom. The number of piperidine rings is 1. The minimum absolute atomic E-state index is 0.0718. The molecule has 2 aliphatic rings. The summed E-state index contributed by atoms with van der Waals surface area (Å²) in [6.45, 7) is 10.5. The normalized spacial score (nSPS) is 25.6. The molecule has 2 heteroatoms. The molecule has 0 atom stereocenters. The lowest BCUT2D eigenvalue weighted by molar-refractivity contribution is -0.112. The van der Waals surface area contributed by atoms with Crippen LogP contribution in [0.25, 0.3) is 0 Å². The Kier molecular flexibility index (Phi) is 2.92. The molecule has 0 radical (unpaired) electrons. The number of hydrogen-bond acceptors (Lipinski definition) is 2. The minimum atomic E-state index is 0.0718. The molecule has 88 valence electrons. The van der Waals surface area contributed by atoms with Crippen molar-refractivity contribution in [1.82, 2.24) is 4.90 Å². The Morgan fingerprint density at radius 1 is 1.25 bits per heavy atom. The maximum Gasteiger partial charge on any atom is 0.183 e. The molecule has 2 nitrogen and oxygen atoms in total. The van der Waals surface area contributed by atoms with Gasteiger partial charge in [0.2, 0.25) is 0 Å². The Balaban J connectivity index is 2.26. The van der Waals surface area contributed by atoms with Crippen LogP contribution in [-0.4, -0.2) is 23.8 Å². The first-order valence-electron chi connectivity index (χ1n) is 6.20. The number of ketones is 1. The van der Waals surface area contributed by atoms with Gasteiger partial charge in [0.15, 0.2) is 5.78 Å². The largest absolute Gasteiger partial charge is 0.374 e. The van der Waals surface area contributed by atoms with Crippen LogP contribution in [0, 0.1) is 5.41 Å². The number of carbonyl (C=O) groups is 1. The lowest BCUT2D eigenvalue weighted by Crippen LogP contribution is -2.38. The van der Waals surface area contributed by atoms with Crippen LogP contribution in [0.3, 0.4) is 0 Å². The average molecular weight is 219 g/mol. The van der Waals surface area contributed by atoms with Crippen molar-refractivity contribution < 1.29 is 4.79 Å². The van der Waals surface area contributed by atoms with Crippen molar-refractivity contribution in [3.8, 4) is 0 Å². The summed E-state index contributed by atoms with van der Waals surface area (Å²) in [5.74, 6) is 0.125. The predicted octanol–water partition coefficient (Wildman–Crippen LogP) is 2.91. The molecule has 1 heterocycles. The van der Waals surface area contributed by atoms with Crippen molar-refractivity contribution in [2.24, 2.45) is 5.41 Å². The summed E-state index contributed by atoms with van der Waals surface area (Å²) >= 11 is 0. The van der Waals surface area contributed by atoms with E-state index in [2.05, 4.69) is 25.3 Å². The van der Waals surface area contributed by atoms with Crippen LogP contribution >= 0.6 is 0 Å². The average Bonchev–Trinajstić information content (AvgIpc) is 2.24. The molecule has 0 N–H and O–H groups in total.